The molecule has 0 aromatic heterocycles. The monoisotopic (exact) mass is 489 g/mol. The Morgan fingerprint density at radius 3 is 2.81 bits per heavy atom. The van der Waals surface area contributed by atoms with Gasteiger partial charge in [-0.25, -0.2) is 0 Å². The third kappa shape index (κ3) is 7.46. The van der Waals surface area contributed by atoms with Crippen LogP contribution in [0.5, 0.6) is 5.75 Å². The minimum absolute atomic E-state index is 0. The lowest BCUT2D eigenvalue weighted by Gasteiger charge is -2.22. The highest BCUT2D eigenvalue weighted by Crippen LogP contribution is 2.25. The molecule has 7 heteroatoms. The summed E-state index contributed by atoms with van der Waals surface area (Å²) in [6.07, 6.45) is 5.38. The number of ether oxygens (including phenoxy) is 3. The van der Waals surface area contributed by atoms with E-state index in [1.54, 1.807) is 7.05 Å². The highest BCUT2D eigenvalue weighted by atomic mass is 127. The van der Waals surface area contributed by atoms with Gasteiger partial charge in [-0.05, 0) is 42.9 Å². The van der Waals surface area contributed by atoms with E-state index in [4.69, 9.17) is 14.2 Å². The molecule has 1 aromatic carbocycles. The normalized spacial score (nSPS) is 17.0. The number of fused-ring (bicyclic) bond motifs is 1. The molecule has 0 unspecified atom stereocenters. The summed E-state index contributed by atoms with van der Waals surface area (Å²) < 4.78 is 16.8. The zero-order chi connectivity index (χ0) is 18.0. The maximum absolute atomic E-state index is 5.88. The second-order valence-electron chi connectivity index (χ2n) is 6.75. The molecule has 0 spiro atoms. The van der Waals surface area contributed by atoms with Gasteiger partial charge in [-0.1, -0.05) is 12.1 Å². The smallest absolute Gasteiger partial charge is 0.190 e. The van der Waals surface area contributed by atoms with Gasteiger partial charge < -0.3 is 24.8 Å². The maximum atomic E-state index is 5.88. The van der Waals surface area contributed by atoms with E-state index in [1.165, 1.54) is 11.1 Å². The highest BCUT2D eigenvalue weighted by Gasteiger charge is 2.13. The number of aliphatic imine (C=N–C) groups is 1. The number of benzene rings is 1. The van der Waals surface area contributed by atoms with Crippen LogP contribution in [0, 0.1) is 0 Å². The number of guanidine groups is 1. The van der Waals surface area contributed by atoms with Crippen LogP contribution in [0.1, 0.15) is 30.4 Å². The van der Waals surface area contributed by atoms with Gasteiger partial charge in [0.05, 0.1) is 12.7 Å². The van der Waals surface area contributed by atoms with Crippen molar-refractivity contribution in [2.45, 2.75) is 38.2 Å². The molecule has 2 aliphatic rings. The fourth-order valence-corrected chi connectivity index (χ4v) is 3.31. The van der Waals surface area contributed by atoms with E-state index >= 15 is 0 Å². The molecule has 1 saturated heterocycles. The molecule has 6 nitrogen and oxygen atoms in total. The first kappa shape index (κ1) is 22.2. The first-order valence-corrected chi connectivity index (χ1v) is 9.73. The molecule has 2 aliphatic heterocycles. The summed E-state index contributed by atoms with van der Waals surface area (Å²) >= 11 is 0. The van der Waals surface area contributed by atoms with E-state index < -0.39 is 0 Å². The Bertz CT molecular complexity index is 592. The van der Waals surface area contributed by atoms with E-state index in [1.807, 2.05) is 0 Å². The van der Waals surface area contributed by atoms with E-state index in [0.29, 0.717) is 6.10 Å². The predicted molar refractivity (Wildman–Crippen MR) is 119 cm³/mol. The van der Waals surface area contributed by atoms with Crippen molar-refractivity contribution in [3.05, 3.63) is 29.3 Å². The molecule has 1 fully saturated rings. The topological polar surface area (TPSA) is 64.1 Å². The number of hydrogen-bond donors (Lipinski definition) is 2. The summed E-state index contributed by atoms with van der Waals surface area (Å²) in [7, 11) is 1.81. The lowest BCUT2D eigenvalue weighted by Crippen LogP contribution is -2.39. The largest absolute Gasteiger partial charge is 0.493 e. The van der Waals surface area contributed by atoms with Crippen LogP contribution < -0.4 is 15.4 Å². The van der Waals surface area contributed by atoms with Gasteiger partial charge in [0.15, 0.2) is 5.96 Å². The first-order valence-electron chi connectivity index (χ1n) is 9.73. The predicted octanol–water partition coefficient (Wildman–Crippen LogP) is 2.53. The van der Waals surface area contributed by atoms with Gasteiger partial charge in [-0.15, -0.1) is 24.0 Å². The third-order valence-electron chi connectivity index (χ3n) is 4.82. The van der Waals surface area contributed by atoms with E-state index in [0.717, 1.165) is 83.3 Å². The number of nitrogens with zero attached hydrogens (tertiary/aromatic N) is 1. The van der Waals surface area contributed by atoms with Gasteiger partial charge in [-0.3, -0.25) is 4.99 Å². The Morgan fingerprint density at radius 1 is 1.19 bits per heavy atom. The molecule has 3 rings (SSSR count). The molecular formula is C20H32IN3O3. The standard InChI is InChI=1S/C20H31N3O3.HI/c1-21-20(22-9-2-11-25-18-7-12-24-13-8-18)23-10-5-16-3-4-19-17(15-16)6-14-26-19;/h3-4,15,18H,2,5-14H2,1H3,(H2,21,22,23);1H. The minimum Gasteiger partial charge on any atom is -0.493 e. The number of hydrogen-bond acceptors (Lipinski definition) is 4. The van der Waals surface area contributed by atoms with E-state index in [9.17, 15) is 0 Å². The summed E-state index contributed by atoms with van der Waals surface area (Å²) in [4.78, 5) is 4.28. The van der Waals surface area contributed by atoms with Gasteiger partial charge in [-0.2, -0.15) is 0 Å². The molecule has 0 bridgehead atoms. The molecule has 0 aliphatic carbocycles. The van der Waals surface area contributed by atoms with Crippen molar-refractivity contribution in [2.24, 2.45) is 4.99 Å². The Kier molecular flexibility index (Phi) is 10.2. The Hall–Kier alpha value is -1.06. The molecule has 2 heterocycles. The van der Waals surface area contributed by atoms with Crippen molar-refractivity contribution in [1.29, 1.82) is 0 Å². The van der Waals surface area contributed by atoms with Crippen LogP contribution >= 0.6 is 24.0 Å². The van der Waals surface area contributed by atoms with Crippen molar-refractivity contribution in [2.75, 3.05) is 46.6 Å². The molecule has 0 saturated carbocycles. The second kappa shape index (κ2) is 12.4. The lowest BCUT2D eigenvalue weighted by atomic mass is 10.1. The first-order chi connectivity index (χ1) is 12.8. The van der Waals surface area contributed by atoms with Gasteiger partial charge in [0.25, 0.3) is 0 Å². The summed E-state index contributed by atoms with van der Waals surface area (Å²) in [5, 5.41) is 6.73. The van der Waals surface area contributed by atoms with Gasteiger partial charge in [0.1, 0.15) is 5.75 Å². The fraction of sp³-hybridized carbons (Fsp3) is 0.650. The Morgan fingerprint density at radius 2 is 2.00 bits per heavy atom. The quantitative estimate of drug-likeness (QED) is 0.255. The molecular weight excluding hydrogens is 457 g/mol. The second-order valence-corrected chi connectivity index (χ2v) is 6.75. The third-order valence-corrected chi connectivity index (χ3v) is 4.82. The zero-order valence-electron chi connectivity index (χ0n) is 16.2. The molecule has 27 heavy (non-hydrogen) atoms. The molecule has 0 amide bonds. The number of rotatable bonds is 8. The fourth-order valence-electron chi connectivity index (χ4n) is 3.31. The van der Waals surface area contributed by atoms with Crippen LogP contribution in [-0.4, -0.2) is 58.6 Å². The van der Waals surface area contributed by atoms with E-state index in [2.05, 4.69) is 33.8 Å². The number of nitrogens with one attached hydrogen (secondary N) is 2. The van der Waals surface area contributed by atoms with Crippen LogP contribution in [0.4, 0.5) is 0 Å². The molecule has 152 valence electrons. The SMILES string of the molecule is CN=C(NCCCOC1CCOCC1)NCCc1ccc2c(c1)CCO2.I. The van der Waals surface area contributed by atoms with Gasteiger partial charge in [0, 0.05) is 46.4 Å². The Balaban J connectivity index is 0.00000261. The van der Waals surface area contributed by atoms with Crippen LogP contribution in [0.3, 0.4) is 0 Å². The van der Waals surface area contributed by atoms with Crippen LogP contribution in [0.15, 0.2) is 23.2 Å². The molecule has 2 N–H and O–H groups in total. The van der Waals surface area contributed by atoms with E-state index in [-0.39, 0.29) is 24.0 Å². The van der Waals surface area contributed by atoms with Gasteiger partial charge >= 0.3 is 0 Å². The summed E-state index contributed by atoms with van der Waals surface area (Å²) in [6.45, 7) is 4.97. The Labute approximate surface area is 179 Å². The molecule has 0 radical (unpaired) electrons. The average Bonchev–Trinajstić information content (AvgIpc) is 3.15. The maximum Gasteiger partial charge on any atom is 0.190 e. The van der Waals surface area contributed by atoms with Crippen LogP contribution in [-0.2, 0) is 22.3 Å². The summed E-state index contributed by atoms with van der Waals surface area (Å²) in [6, 6.07) is 6.49. The minimum atomic E-state index is 0. The van der Waals surface area contributed by atoms with Crippen LogP contribution in [0.25, 0.3) is 0 Å². The molecule has 0 atom stereocenters. The highest BCUT2D eigenvalue weighted by molar-refractivity contribution is 14.0. The van der Waals surface area contributed by atoms with Crippen molar-refractivity contribution >= 4 is 29.9 Å². The molecule has 1 aromatic rings. The summed E-state index contributed by atoms with van der Waals surface area (Å²) in [5.41, 5.74) is 2.66. The lowest BCUT2D eigenvalue weighted by molar-refractivity contribution is -0.0320. The van der Waals surface area contributed by atoms with Crippen molar-refractivity contribution in [3.8, 4) is 5.75 Å². The van der Waals surface area contributed by atoms with Gasteiger partial charge in [0.2, 0.25) is 0 Å². The number of halogens is 1. The van der Waals surface area contributed by atoms with Crippen molar-refractivity contribution in [1.82, 2.24) is 10.6 Å². The average molecular weight is 489 g/mol. The van der Waals surface area contributed by atoms with Crippen molar-refractivity contribution < 1.29 is 14.2 Å². The zero-order valence-corrected chi connectivity index (χ0v) is 18.5. The van der Waals surface area contributed by atoms with Crippen LogP contribution in [0.2, 0.25) is 0 Å². The summed E-state index contributed by atoms with van der Waals surface area (Å²) in [5.74, 6) is 1.89. The van der Waals surface area contributed by atoms with Crippen molar-refractivity contribution in [3.63, 3.8) is 0 Å².